The third kappa shape index (κ3) is 4.13. The van der Waals surface area contributed by atoms with Gasteiger partial charge in [-0.2, -0.15) is 4.31 Å². The van der Waals surface area contributed by atoms with E-state index in [1.54, 1.807) is 30.5 Å². The summed E-state index contributed by atoms with van der Waals surface area (Å²) in [5.41, 5.74) is 1.46. The zero-order valence-electron chi connectivity index (χ0n) is 14.7. The number of halogens is 2. The van der Waals surface area contributed by atoms with Gasteiger partial charge < -0.3 is 4.42 Å². The van der Waals surface area contributed by atoms with E-state index < -0.39 is 10.0 Å². The number of aromatic nitrogens is 1. The molecule has 1 fully saturated rings. The lowest BCUT2D eigenvalue weighted by Crippen LogP contribution is -2.48. The van der Waals surface area contributed by atoms with Gasteiger partial charge in [-0.25, -0.2) is 17.8 Å². The number of sulfonamides is 1. The minimum atomic E-state index is -3.50. The van der Waals surface area contributed by atoms with Crippen LogP contribution in [0.25, 0.3) is 11.5 Å². The van der Waals surface area contributed by atoms with Crippen LogP contribution in [0.2, 0.25) is 4.34 Å². The minimum Gasteiger partial charge on any atom is -0.444 e. The van der Waals surface area contributed by atoms with Crippen molar-refractivity contribution < 1.29 is 17.2 Å². The summed E-state index contributed by atoms with van der Waals surface area (Å²) in [5, 5.41) is 0. The molecule has 3 heterocycles. The molecule has 28 heavy (non-hydrogen) atoms. The van der Waals surface area contributed by atoms with E-state index in [0.717, 1.165) is 17.0 Å². The van der Waals surface area contributed by atoms with Gasteiger partial charge in [-0.15, -0.1) is 11.3 Å². The number of hydrogen-bond donors (Lipinski definition) is 0. The summed E-state index contributed by atoms with van der Waals surface area (Å²) < 4.78 is 46.0. The number of rotatable bonds is 5. The molecule has 1 aliphatic heterocycles. The summed E-state index contributed by atoms with van der Waals surface area (Å²) >= 11 is 6.94. The SMILES string of the molecule is O=S(=O)(c1ccc(Cl)s1)N1CCN(Cc2coc(-c3ccc(F)cc3)n2)CC1. The Hall–Kier alpha value is -1.78. The summed E-state index contributed by atoms with van der Waals surface area (Å²) in [7, 11) is -3.50. The van der Waals surface area contributed by atoms with Gasteiger partial charge in [-0.3, -0.25) is 4.90 Å². The number of hydrogen-bond acceptors (Lipinski definition) is 6. The van der Waals surface area contributed by atoms with Crippen LogP contribution in [0.4, 0.5) is 4.39 Å². The molecule has 10 heteroatoms. The number of nitrogens with zero attached hydrogens (tertiary/aromatic N) is 3. The molecule has 0 unspecified atom stereocenters. The molecule has 1 aromatic carbocycles. The lowest BCUT2D eigenvalue weighted by atomic mass is 10.2. The summed E-state index contributed by atoms with van der Waals surface area (Å²) in [6.07, 6.45) is 1.58. The first-order valence-corrected chi connectivity index (χ1v) is 11.2. The van der Waals surface area contributed by atoms with Crippen LogP contribution in [0.1, 0.15) is 5.69 Å². The van der Waals surface area contributed by atoms with Crippen LogP contribution >= 0.6 is 22.9 Å². The Morgan fingerprint density at radius 1 is 1.11 bits per heavy atom. The molecule has 1 saturated heterocycles. The maximum Gasteiger partial charge on any atom is 0.252 e. The molecule has 2 aromatic heterocycles. The topological polar surface area (TPSA) is 66.7 Å². The van der Waals surface area contributed by atoms with E-state index in [1.807, 2.05) is 0 Å². The normalized spacial score (nSPS) is 16.5. The minimum absolute atomic E-state index is 0.270. The van der Waals surface area contributed by atoms with E-state index in [-0.39, 0.29) is 10.0 Å². The van der Waals surface area contributed by atoms with Gasteiger partial charge >= 0.3 is 0 Å². The zero-order chi connectivity index (χ0) is 19.7. The zero-order valence-corrected chi connectivity index (χ0v) is 17.1. The summed E-state index contributed by atoms with van der Waals surface area (Å²) in [6, 6.07) is 9.09. The molecule has 6 nitrogen and oxygen atoms in total. The molecular formula is C18H17ClFN3O3S2. The smallest absolute Gasteiger partial charge is 0.252 e. The Balaban J connectivity index is 1.37. The summed E-state index contributed by atoms with van der Waals surface area (Å²) in [5.74, 6) is 0.124. The average Bonchev–Trinajstić information content (AvgIpc) is 3.32. The van der Waals surface area contributed by atoms with Crippen LogP contribution in [0.3, 0.4) is 0 Å². The van der Waals surface area contributed by atoms with Crippen molar-refractivity contribution in [1.29, 1.82) is 0 Å². The van der Waals surface area contributed by atoms with Gasteiger partial charge in [0, 0.05) is 38.3 Å². The van der Waals surface area contributed by atoms with E-state index in [2.05, 4.69) is 9.88 Å². The van der Waals surface area contributed by atoms with Crippen LogP contribution in [0.15, 0.2) is 51.3 Å². The van der Waals surface area contributed by atoms with Crippen molar-refractivity contribution >= 4 is 33.0 Å². The van der Waals surface area contributed by atoms with Crippen LogP contribution in [-0.2, 0) is 16.6 Å². The van der Waals surface area contributed by atoms with E-state index in [1.165, 1.54) is 16.4 Å². The molecule has 0 radical (unpaired) electrons. The molecule has 1 aliphatic rings. The fraction of sp³-hybridized carbons (Fsp3) is 0.278. The molecule has 4 rings (SSSR count). The first kappa shape index (κ1) is 19.5. The van der Waals surface area contributed by atoms with Crippen molar-refractivity contribution in [3.63, 3.8) is 0 Å². The van der Waals surface area contributed by atoms with Crippen molar-refractivity contribution in [3.8, 4) is 11.5 Å². The number of oxazole rings is 1. The number of benzene rings is 1. The maximum absolute atomic E-state index is 13.0. The highest BCUT2D eigenvalue weighted by atomic mass is 35.5. The Morgan fingerprint density at radius 2 is 1.82 bits per heavy atom. The van der Waals surface area contributed by atoms with Gasteiger partial charge in [0.15, 0.2) is 0 Å². The summed E-state index contributed by atoms with van der Waals surface area (Å²) in [4.78, 5) is 6.57. The van der Waals surface area contributed by atoms with E-state index in [9.17, 15) is 12.8 Å². The Kier molecular flexibility index (Phi) is 5.52. The molecule has 0 atom stereocenters. The van der Waals surface area contributed by atoms with Gasteiger partial charge in [0.1, 0.15) is 16.3 Å². The second-order valence-corrected chi connectivity index (χ2v) is 10.3. The third-order valence-electron chi connectivity index (χ3n) is 4.50. The molecule has 0 amide bonds. The Labute approximate surface area is 171 Å². The van der Waals surface area contributed by atoms with Crippen LogP contribution in [0, 0.1) is 5.82 Å². The fourth-order valence-electron chi connectivity index (χ4n) is 3.03. The standard InChI is InChI=1S/C18H17ClFN3O3S2/c19-16-5-6-17(27-16)28(24,25)23-9-7-22(8-10-23)11-15-12-26-18(21-15)13-1-3-14(20)4-2-13/h1-6,12H,7-11H2. The molecule has 0 spiro atoms. The molecule has 0 aliphatic carbocycles. The average molecular weight is 442 g/mol. The van der Waals surface area contributed by atoms with E-state index >= 15 is 0 Å². The van der Waals surface area contributed by atoms with E-state index in [0.29, 0.717) is 48.5 Å². The Bertz CT molecular complexity index is 1060. The number of piperazine rings is 1. The van der Waals surface area contributed by atoms with Gasteiger partial charge in [-0.05, 0) is 36.4 Å². The lowest BCUT2D eigenvalue weighted by Gasteiger charge is -2.33. The predicted octanol–water partition coefficient (Wildman–Crippen LogP) is 3.70. The molecule has 0 N–H and O–H groups in total. The highest BCUT2D eigenvalue weighted by Gasteiger charge is 2.29. The first-order valence-electron chi connectivity index (χ1n) is 8.60. The molecular weight excluding hydrogens is 425 g/mol. The molecule has 0 bridgehead atoms. The monoisotopic (exact) mass is 441 g/mol. The Morgan fingerprint density at radius 3 is 2.46 bits per heavy atom. The van der Waals surface area contributed by atoms with Gasteiger partial charge in [-0.1, -0.05) is 11.6 Å². The van der Waals surface area contributed by atoms with Crippen molar-refractivity contribution in [1.82, 2.24) is 14.2 Å². The van der Waals surface area contributed by atoms with Gasteiger partial charge in [0.2, 0.25) is 5.89 Å². The first-order chi connectivity index (χ1) is 13.4. The van der Waals surface area contributed by atoms with Crippen LogP contribution in [0.5, 0.6) is 0 Å². The van der Waals surface area contributed by atoms with Crippen LogP contribution < -0.4 is 0 Å². The largest absolute Gasteiger partial charge is 0.444 e. The summed E-state index contributed by atoms with van der Waals surface area (Å²) in [6.45, 7) is 2.55. The molecule has 148 valence electrons. The molecule has 3 aromatic rings. The van der Waals surface area contributed by atoms with Crippen LogP contribution in [-0.4, -0.2) is 48.8 Å². The second kappa shape index (κ2) is 7.92. The highest BCUT2D eigenvalue weighted by Crippen LogP contribution is 2.28. The predicted molar refractivity (Wildman–Crippen MR) is 105 cm³/mol. The van der Waals surface area contributed by atoms with Gasteiger partial charge in [0.25, 0.3) is 10.0 Å². The molecule has 0 saturated carbocycles. The fourth-order valence-corrected chi connectivity index (χ4v) is 6.08. The van der Waals surface area contributed by atoms with Gasteiger partial charge in [0.05, 0.1) is 10.0 Å². The second-order valence-electron chi connectivity index (χ2n) is 6.39. The maximum atomic E-state index is 13.0. The number of thiophene rings is 1. The van der Waals surface area contributed by atoms with E-state index in [4.69, 9.17) is 16.0 Å². The quantitative estimate of drug-likeness (QED) is 0.604. The van der Waals surface area contributed by atoms with Crippen molar-refractivity contribution in [2.75, 3.05) is 26.2 Å². The third-order valence-corrected chi connectivity index (χ3v) is 8.10. The van der Waals surface area contributed by atoms with Crippen molar-refractivity contribution in [3.05, 3.63) is 58.5 Å². The van der Waals surface area contributed by atoms with Crippen molar-refractivity contribution in [2.24, 2.45) is 0 Å². The van der Waals surface area contributed by atoms with Crippen molar-refractivity contribution in [2.45, 2.75) is 10.8 Å². The lowest BCUT2D eigenvalue weighted by molar-refractivity contribution is 0.180. The highest BCUT2D eigenvalue weighted by molar-refractivity contribution is 7.91.